The quantitative estimate of drug-likeness (QED) is 0.817. The van der Waals surface area contributed by atoms with Crippen LogP contribution >= 0.6 is 0 Å². The van der Waals surface area contributed by atoms with E-state index < -0.39 is 0 Å². The first-order valence-electron chi connectivity index (χ1n) is 7.15. The molecular formula is C14H27N3O. The van der Waals surface area contributed by atoms with Crippen LogP contribution in [0.25, 0.3) is 0 Å². The van der Waals surface area contributed by atoms with Gasteiger partial charge in [0.1, 0.15) is 6.04 Å². The number of nitrogens with zero attached hydrogens (tertiary/aromatic N) is 2. The zero-order valence-corrected chi connectivity index (χ0v) is 12.2. The van der Waals surface area contributed by atoms with Crippen LogP contribution in [0.3, 0.4) is 0 Å². The number of hydrogen-bond donors (Lipinski definition) is 1. The second-order valence-corrected chi connectivity index (χ2v) is 6.40. The first-order chi connectivity index (χ1) is 8.47. The van der Waals surface area contributed by atoms with Crippen molar-refractivity contribution in [2.45, 2.75) is 57.2 Å². The third-order valence-electron chi connectivity index (χ3n) is 4.71. The van der Waals surface area contributed by atoms with E-state index >= 15 is 0 Å². The van der Waals surface area contributed by atoms with Gasteiger partial charge in [0.2, 0.25) is 5.91 Å². The fourth-order valence-corrected chi connectivity index (χ4v) is 3.33. The van der Waals surface area contributed by atoms with Crippen molar-refractivity contribution in [1.29, 1.82) is 0 Å². The summed E-state index contributed by atoms with van der Waals surface area (Å²) in [7, 11) is 3.99. The van der Waals surface area contributed by atoms with E-state index in [1.807, 2.05) is 7.05 Å². The number of rotatable bonds is 3. The van der Waals surface area contributed by atoms with E-state index in [4.69, 9.17) is 0 Å². The maximum atomic E-state index is 12.6. The van der Waals surface area contributed by atoms with Crippen molar-refractivity contribution in [2.24, 2.45) is 0 Å². The van der Waals surface area contributed by atoms with Gasteiger partial charge in [-0.2, -0.15) is 0 Å². The van der Waals surface area contributed by atoms with Crippen LogP contribution in [-0.2, 0) is 4.79 Å². The minimum atomic E-state index is -0.0145. The second-order valence-electron chi connectivity index (χ2n) is 6.40. The lowest BCUT2D eigenvalue weighted by Gasteiger charge is -2.51. The Morgan fingerprint density at radius 2 is 1.94 bits per heavy atom. The van der Waals surface area contributed by atoms with Gasteiger partial charge in [-0.05, 0) is 40.8 Å². The molecule has 1 atom stereocenters. The van der Waals surface area contributed by atoms with Gasteiger partial charge < -0.3 is 10.2 Å². The summed E-state index contributed by atoms with van der Waals surface area (Å²) in [5.41, 5.74) is 0.0675. The van der Waals surface area contributed by atoms with E-state index in [2.05, 4.69) is 36.0 Å². The molecule has 1 N–H and O–H groups in total. The predicted molar refractivity (Wildman–Crippen MR) is 73.5 cm³/mol. The molecule has 1 heterocycles. The molecule has 18 heavy (non-hydrogen) atoms. The van der Waals surface area contributed by atoms with Gasteiger partial charge in [0.05, 0.1) is 0 Å². The Balaban J connectivity index is 2.18. The number of carbonyl (C=O) groups excluding carboxylic acids is 1. The second kappa shape index (κ2) is 5.17. The smallest absolute Gasteiger partial charge is 0.241 e. The Morgan fingerprint density at radius 3 is 2.50 bits per heavy atom. The summed E-state index contributed by atoms with van der Waals surface area (Å²) in [6.07, 6.45) is 4.94. The van der Waals surface area contributed by atoms with Crippen LogP contribution in [0.15, 0.2) is 0 Å². The molecule has 0 aromatic heterocycles. The Morgan fingerprint density at radius 1 is 1.33 bits per heavy atom. The normalized spacial score (nSPS) is 30.1. The summed E-state index contributed by atoms with van der Waals surface area (Å²) in [6.45, 7) is 6.09. The van der Waals surface area contributed by atoms with E-state index in [1.54, 1.807) is 0 Å². The number of carbonyl (C=O) groups is 1. The molecule has 2 fully saturated rings. The molecule has 0 aromatic rings. The molecule has 1 aliphatic heterocycles. The van der Waals surface area contributed by atoms with Crippen LogP contribution in [0.5, 0.6) is 0 Å². The lowest BCUT2D eigenvalue weighted by atomic mass is 9.93. The Hall–Kier alpha value is -0.610. The molecule has 0 bridgehead atoms. The standard InChI is InChI=1S/C14H27N3O/c1-14(2)10-17(11-7-5-6-8-11)13(18)12(9-15-3)16(14)4/h11-12,15H,5-10H2,1-4H3. The van der Waals surface area contributed by atoms with Gasteiger partial charge in [-0.25, -0.2) is 0 Å². The molecule has 104 valence electrons. The minimum absolute atomic E-state index is 0.0145. The molecule has 1 saturated heterocycles. The lowest BCUT2D eigenvalue weighted by Crippen LogP contribution is -2.68. The molecule has 1 amide bonds. The van der Waals surface area contributed by atoms with Crippen LogP contribution in [-0.4, -0.2) is 60.5 Å². The Bertz CT molecular complexity index is 310. The average molecular weight is 253 g/mol. The fraction of sp³-hybridized carbons (Fsp3) is 0.929. The maximum absolute atomic E-state index is 12.6. The SMILES string of the molecule is CNCC1C(=O)N(C2CCCC2)CC(C)(C)N1C. The molecular weight excluding hydrogens is 226 g/mol. The van der Waals surface area contributed by atoms with E-state index in [0.717, 1.165) is 13.1 Å². The number of amides is 1. The lowest BCUT2D eigenvalue weighted by molar-refractivity contribution is -0.151. The van der Waals surface area contributed by atoms with Crippen molar-refractivity contribution in [3.8, 4) is 0 Å². The van der Waals surface area contributed by atoms with Crippen molar-refractivity contribution >= 4 is 5.91 Å². The zero-order valence-electron chi connectivity index (χ0n) is 12.2. The summed E-state index contributed by atoms with van der Waals surface area (Å²) >= 11 is 0. The highest BCUT2D eigenvalue weighted by Gasteiger charge is 2.44. The van der Waals surface area contributed by atoms with Crippen LogP contribution in [0.2, 0.25) is 0 Å². The van der Waals surface area contributed by atoms with Crippen LogP contribution in [0.1, 0.15) is 39.5 Å². The van der Waals surface area contributed by atoms with Crippen molar-refractivity contribution < 1.29 is 4.79 Å². The van der Waals surface area contributed by atoms with E-state index in [1.165, 1.54) is 25.7 Å². The average Bonchev–Trinajstić information content (AvgIpc) is 2.83. The molecule has 1 saturated carbocycles. The maximum Gasteiger partial charge on any atom is 0.241 e. The predicted octanol–water partition coefficient (Wildman–Crippen LogP) is 1.07. The van der Waals surface area contributed by atoms with Crippen molar-refractivity contribution in [3.63, 3.8) is 0 Å². The van der Waals surface area contributed by atoms with Crippen molar-refractivity contribution in [1.82, 2.24) is 15.1 Å². The van der Waals surface area contributed by atoms with E-state index in [0.29, 0.717) is 11.9 Å². The minimum Gasteiger partial charge on any atom is -0.336 e. The number of hydrogen-bond acceptors (Lipinski definition) is 3. The molecule has 1 aliphatic carbocycles. The zero-order chi connectivity index (χ0) is 13.3. The largest absolute Gasteiger partial charge is 0.336 e. The van der Waals surface area contributed by atoms with Gasteiger partial charge in [0.25, 0.3) is 0 Å². The Labute approximate surface area is 111 Å². The van der Waals surface area contributed by atoms with Gasteiger partial charge >= 0.3 is 0 Å². The number of nitrogens with one attached hydrogen (secondary N) is 1. The third kappa shape index (κ3) is 2.41. The van der Waals surface area contributed by atoms with Crippen LogP contribution < -0.4 is 5.32 Å². The summed E-state index contributed by atoms with van der Waals surface area (Å²) in [6, 6.07) is 0.476. The number of piperazine rings is 1. The molecule has 4 heteroatoms. The highest BCUT2D eigenvalue weighted by Crippen LogP contribution is 2.31. The monoisotopic (exact) mass is 253 g/mol. The van der Waals surface area contributed by atoms with Crippen LogP contribution in [0.4, 0.5) is 0 Å². The van der Waals surface area contributed by atoms with E-state index in [-0.39, 0.29) is 11.6 Å². The van der Waals surface area contributed by atoms with Gasteiger partial charge in [-0.15, -0.1) is 0 Å². The molecule has 2 aliphatic rings. The van der Waals surface area contributed by atoms with Gasteiger partial charge in [0.15, 0.2) is 0 Å². The molecule has 2 rings (SSSR count). The Kier molecular flexibility index (Phi) is 3.97. The summed E-state index contributed by atoms with van der Waals surface area (Å²) < 4.78 is 0. The molecule has 0 radical (unpaired) electrons. The molecule has 4 nitrogen and oxygen atoms in total. The van der Waals surface area contributed by atoms with Gasteiger partial charge in [0, 0.05) is 24.7 Å². The molecule has 0 aromatic carbocycles. The molecule has 0 spiro atoms. The highest BCUT2D eigenvalue weighted by atomic mass is 16.2. The number of likely N-dealkylation sites (N-methyl/N-ethyl adjacent to an activating group) is 2. The topological polar surface area (TPSA) is 35.6 Å². The van der Waals surface area contributed by atoms with Gasteiger partial charge in [-0.1, -0.05) is 12.8 Å². The fourth-order valence-electron chi connectivity index (χ4n) is 3.33. The van der Waals surface area contributed by atoms with Crippen molar-refractivity contribution in [3.05, 3.63) is 0 Å². The summed E-state index contributed by atoms with van der Waals surface area (Å²) in [5, 5.41) is 3.16. The third-order valence-corrected chi connectivity index (χ3v) is 4.71. The van der Waals surface area contributed by atoms with Crippen LogP contribution in [0, 0.1) is 0 Å². The van der Waals surface area contributed by atoms with Gasteiger partial charge in [-0.3, -0.25) is 9.69 Å². The van der Waals surface area contributed by atoms with E-state index in [9.17, 15) is 4.79 Å². The summed E-state index contributed by atoms with van der Waals surface area (Å²) in [5.74, 6) is 0.318. The first-order valence-corrected chi connectivity index (χ1v) is 7.15. The first kappa shape index (κ1) is 13.8. The summed E-state index contributed by atoms with van der Waals surface area (Å²) in [4.78, 5) is 17.0. The highest BCUT2D eigenvalue weighted by molar-refractivity contribution is 5.83. The molecule has 1 unspecified atom stereocenters. The van der Waals surface area contributed by atoms with Crippen molar-refractivity contribution in [2.75, 3.05) is 27.2 Å².